The molecule has 1 aliphatic heterocycles. The first kappa shape index (κ1) is 24.8. The summed E-state index contributed by atoms with van der Waals surface area (Å²) in [5, 5.41) is 0. The Kier molecular flexibility index (Phi) is 9.73. The standard InChI is InChI=1S/C24H31FN2O.2ClH/c1-2-19-4-5-20-6-11-23(18-24(19)20)28-17-3-12-26-13-15-27(16-14-26)22-9-7-21(25)8-10-22;;/h6-11,18-19H,2-5,12-17H2,1H3;2*1H. The molecule has 166 valence electrons. The first-order valence-electron chi connectivity index (χ1n) is 10.7. The van der Waals surface area contributed by atoms with Gasteiger partial charge in [-0.2, -0.15) is 0 Å². The Hall–Kier alpha value is -1.49. The molecule has 0 spiro atoms. The lowest BCUT2D eigenvalue weighted by Crippen LogP contribution is -2.46. The number of hydrogen-bond donors (Lipinski definition) is 0. The number of benzene rings is 2. The number of ether oxygens (including phenoxy) is 1. The number of halogens is 3. The Balaban J connectivity index is 0.00000160. The van der Waals surface area contributed by atoms with Crippen molar-refractivity contribution >= 4 is 30.5 Å². The van der Waals surface area contributed by atoms with Crippen molar-refractivity contribution in [2.45, 2.75) is 38.5 Å². The van der Waals surface area contributed by atoms with Crippen molar-refractivity contribution in [3.63, 3.8) is 0 Å². The van der Waals surface area contributed by atoms with Crippen molar-refractivity contribution in [1.82, 2.24) is 4.90 Å². The molecule has 0 radical (unpaired) electrons. The molecule has 0 saturated carbocycles. The van der Waals surface area contributed by atoms with E-state index in [1.807, 2.05) is 12.1 Å². The Bertz CT molecular complexity index is 779. The Morgan fingerprint density at radius 2 is 1.73 bits per heavy atom. The molecule has 1 heterocycles. The average Bonchev–Trinajstić information content (AvgIpc) is 3.15. The van der Waals surface area contributed by atoms with E-state index in [1.165, 1.54) is 30.4 Å². The van der Waals surface area contributed by atoms with Crippen molar-refractivity contribution in [3.8, 4) is 5.75 Å². The van der Waals surface area contributed by atoms with Crippen molar-refractivity contribution in [3.05, 3.63) is 59.4 Å². The lowest BCUT2D eigenvalue weighted by Gasteiger charge is -2.36. The van der Waals surface area contributed by atoms with Crippen molar-refractivity contribution in [2.24, 2.45) is 0 Å². The normalized spacial score (nSPS) is 18.3. The molecule has 4 rings (SSSR count). The van der Waals surface area contributed by atoms with E-state index in [-0.39, 0.29) is 30.6 Å². The van der Waals surface area contributed by atoms with Gasteiger partial charge in [0.25, 0.3) is 0 Å². The molecule has 0 amide bonds. The summed E-state index contributed by atoms with van der Waals surface area (Å²) in [5.41, 5.74) is 4.14. The maximum Gasteiger partial charge on any atom is 0.123 e. The summed E-state index contributed by atoms with van der Waals surface area (Å²) >= 11 is 0. The van der Waals surface area contributed by atoms with Gasteiger partial charge >= 0.3 is 0 Å². The van der Waals surface area contributed by atoms with Gasteiger partial charge in [0.2, 0.25) is 0 Å². The number of rotatable bonds is 7. The number of hydrogen-bond acceptors (Lipinski definition) is 3. The third-order valence-electron chi connectivity index (χ3n) is 6.26. The van der Waals surface area contributed by atoms with E-state index in [4.69, 9.17) is 4.74 Å². The second-order valence-corrected chi connectivity index (χ2v) is 8.01. The number of piperazine rings is 1. The molecule has 1 saturated heterocycles. The second kappa shape index (κ2) is 11.8. The summed E-state index contributed by atoms with van der Waals surface area (Å²) in [6.07, 6.45) is 4.78. The summed E-state index contributed by atoms with van der Waals surface area (Å²) in [4.78, 5) is 4.83. The van der Waals surface area contributed by atoms with Crippen molar-refractivity contribution < 1.29 is 9.13 Å². The molecule has 1 fully saturated rings. The summed E-state index contributed by atoms with van der Waals surface area (Å²) < 4.78 is 19.1. The van der Waals surface area contributed by atoms with Crippen LogP contribution in [0.1, 0.15) is 43.2 Å². The van der Waals surface area contributed by atoms with Gasteiger partial charge in [0.15, 0.2) is 0 Å². The number of anilines is 1. The van der Waals surface area contributed by atoms with Gasteiger partial charge in [-0.1, -0.05) is 13.0 Å². The lowest BCUT2D eigenvalue weighted by molar-refractivity contribution is 0.224. The van der Waals surface area contributed by atoms with Gasteiger partial charge in [0, 0.05) is 38.4 Å². The average molecular weight is 455 g/mol. The van der Waals surface area contributed by atoms with Crippen LogP contribution in [-0.2, 0) is 6.42 Å². The number of fused-ring (bicyclic) bond motifs is 1. The molecule has 2 aliphatic rings. The van der Waals surface area contributed by atoms with Crippen LogP contribution in [0.3, 0.4) is 0 Å². The van der Waals surface area contributed by atoms with Crippen LogP contribution >= 0.6 is 24.8 Å². The van der Waals surface area contributed by atoms with Gasteiger partial charge in [-0.05, 0) is 79.1 Å². The third kappa shape index (κ3) is 6.03. The largest absolute Gasteiger partial charge is 0.494 e. The van der Waals surface area contributed by atoms with Crippen LogP contribution in [0.25, 0.3) is 0 Å². The van der Waals surface area contributed by atoms with E-state index < -0.39 is 0 Å². The van der Waals surface area contributed by atoms with Crippen LogP contribution in [-0.4, -0.2) is 44.2 Å². The van der Waals surface area contributed by atoms with Gasteiger partial charge in [0.1, 0.15) is 11.6 Å². The molecule has 2 aromatic carbocycles. The highest BCUT2D eigenvalue weighted by Crippen LogP contribution is 2.37. The molecule has 1 unspecified atom stereocenters. The van der Waals surface area contributed by atoms with Crippen LogP contribution in [0.5, 0.6) is 5.75 Å². The van der Waals surface area contributed by atoms with Crippen LogP contribution in [0.15, 0.2) is 42.5 Å². The maximum atomic E-state index is 13.1. The van der Waals surface area contributed by atoms with E-state index in [1.54, 1.807) is 12.1 Å². The highest BCUT2D eigenvalue weighted by molar-refractivity contribution is 5.85. The predicted octanol–water partition coefficient (Wildman–Crippen LogP) is 5.70. The first-order valence-corrected chi connectivity index (χ1v) is 10.7. The minimum atomic E-state index is -0.170. The Labute approximate surface area is 192 Å². The molecule has 6 heteroatoms. The molecule has 0 aromatic heterocycles. The zero-order valence-electron chi connectivity index (χ0n) is 17.7. The third-order valence-corrected chi connectivity index (χ3v) is 6.26. The summed E-state index contributed by atoms with van der Waals surface area (Å²) in [5.74, 6) is 1.58. The highest BCUT2D eigenvalue weighted by Gasteiger charge is 2.21. The van der Waals surface area contributed by atoms with Crippen LogP contribution in [0, 0.1) is 5.82 Å². The fourth-order valence-corrected chi connectivity index (χ4v) is 4.54. The molecule has 0 bridgehead atoms. The second-order valence-electron chi connectivity index (χ2n) is 8.01. The summed E-state index contributed by atoms with van der Waals surface area (Å²) in [6.45, 7) is 8.21. The van der Waals surface area contributed by atoms with Gasteiger partial charge < -0.3 is 9.64 Å². The van der Waals surface area contributed by atoms with Gasteiger partial charge in [-0.15, -0.1) is 24.8 Å². The summed E-state index contributed by atoms with van der Waals surface area (Å²) in [6, 6.07) is 13.5. The smallest absolute Gasteiger partial charge is 0.123 e. The highest BCUT2D eigenvalue weighted by atomic mass is 35.5. The van der Waals surface area contributed by atoms with Crippen molar-refractivity contribution in [2.75, 3.05) is 44.2 Å². The van der Waals surface area contributed by atoms with Crippen LogP contribution in [0.4, 0.5) is 10.1 Å². The molecular formula is C24H33Cl2FN2O. The maximum absolute atomic E-state index is 13.1. The number of nitrogens with zero attached hydrogens (tertiary/aromatic N) is 2. The van der Waals surface area contributed by atoms with E-state index in [9.17, 15) is 4.39 Å². The van der Waals surface area contributed by atoms with Gasteiger partial charge in [-0.3, -0.25) is 4.90 Å². The number of aryl methyl sites for hydroxylation is 1. The fraction of sp³-hybridized carbons (Fsp3) is 0.500. The minimum absolute atomic E-state index is 0. The first-order chi connectivity index (χ1) is 13.7. The summed E-state index contributed by atoms with van der Waals surface area (Å²) in [7, 11) is 0. The van der Waals surface area contributed by atoms with Crippen LogP contribution in [0.2, 0.25) is 0 Å². The zero-order chi connectivity index (χ0) is 19.3. The molecule has 30 heavy (non-hydrogen) atoms. The molecule has 2 aromatic rings. The molecule has 0 N–H and O–H groups in total. The van der Waals surface area contributed by atoms with Crippen LogP contribution < -0.4 is 9.64 Å². The Morgan fingerprint density at radius 3 is 2.43 bits per heavy atom. The minimum Gasteiger partial charge on any atom is -0.494 e. The van der Waals surface area contributed by atoms with Gasteiger partial charge in [-0.25, -0.2) is 4.39 Å². The predicted molar refractivity (Wildman–Crippen MR) is 127 cm³/mol. The molecule has 3 nitrogen and oxygen atoms in total. The molecular weight excluding hydrogens is 422 g/mol. The lowest BCUT2D eigenvalue weighted by atomic mass is 9.99. The van der Waals surface area contributed by atoms with Gasteiger partial charge in [0.05, 0.1) is 6.61 Å². The van der Waals surface area contributed by atoms with E-state index in [2.05, 4.69) is 34.9 Å². The topological polar surface area (TPSA) is 15.7 Å². The van der Waals surface area contributed by atoms with Crippen molar-refractivity contribution in [1.29, 1.82) is 0 Å². The Morgan fingerprint density at radius 1 is 1.00 bits per heavy atom. The zero-order valence-corrected chi connectivity index (χ0v) is 19.3. The van der Waals surface area contributed by atoms with E-state index in [0.29, 0.717) is 0 Å². The monoisotopic (exact) mass is 454 g/mol. The molecule has 1 aliphatic carbocycles. The SMILES string of the molecule is CCC1CCc2ccc(OCCCN3CCN(c4ccc(F)cc4)CC3)cc21.Cl.Cl. The quantitative estimate of drug-likeness (QED) is 0.498. The van der Waals surface area contributed by atoms with E-state index >= 15 is 0 Å². The fourth-order valence-electron chi connectivity index (χ4n) is 4.54. The molecule has 1 atom stereocenters. The van der Waals surface area contributed by atoms with E-state index in [0.717, 1.165) is 63.1 Å².